The lowest BCUT2D eigenvalue weighted by Gasteiger charge is -2.11. The van der Waals surface area contributed by atoms with Gasteiger partial charge in [0.25, 0.3) is 0 Å². The number of halogens is 1. The standard InChI is InChI=1S/C22H22FN5O3/c1-3-20(29)25-16-5-4-6-17(13-16)26-21-19(23)14-24-22(28-21)27-15-7-9-18(10-8-15)31-12-11-30-2/h3-10,13-14H,1,11-12H2,2H3,(H,25,29)(H2,24,26,27,28)/i2D3,5D,6D,12D2. The van der Waals surface area contributed by atoms with Gasteiger partial charge in [-0.1, -0.05) is 12.6 Å². The molecule has 0 spiro atoms. The molecular formula is C22H22FN5O3. The van der Waals surface area contributed by atoms with Gasteiger partial charge in [0.1, 0.15) is 12.3 Å². The minimum atomic E-state index is -2.76. The number of rotatable bonds is 10. The van der Waals surface area contributed by atoms with E-state index in [-0.39, 0.29) is 41.0 Å². The van der Waals surface area contributed by atoms with Crippen molar-refractivity contribution in [3.05, 3.63) is 73.2 Å². The summed E-state index contributed by atoms with van der Waals surface area (Å²) in [6.45, 7) is 0.133. The second-order valence-corrected chi connectivity index (χ2v) is 5.80. The molecule has 3 rings (SSSR count). The molecule has 31 heavy (non-hydrogen) atoms. The Balaban J connectivity index is 1.72. The molecule has 0 saturated heterocycles. The molecule has 0 atom stereocenters. The van der Waals surface area contributed by atoms with Gasteiger partial charge in [-0.05, 0) is 48.5 Å². The number of hydrogen-bond donors (Lipinski definition) is 3. The molecule has 0 fully saturated rings. The number of nitrogens with one attached hydrogen (secondary N) is 3. The van der Waals surface area contributed by atoms with Crippen molar-refractivity contribution in [3.8, 4) is 5.75 Å². The zero-order chi connectivity index (χ0) is 28.1. The third kappa shape index (κ3) is 6.51. The zero-order valence-electron chi connectivity index (χ0n) is 23.0. The maximum atomic E-state index is 14.4. The molecule has 3 N–H and O–H groups in total. The second kappa shape index (κ2) is 10.7. The minimum absolute atomic E-state index is 0.0206. The van der Waals surface area contributed by atoms with Crippen LogP contribution in [0, 0.1) is 5.82 Å². The van der Waals surface area contributed by atoms with Crippen molar-refractivity contribution in [2.45, 2.75) is 0 Å². The third-order valence-corrected chi connectivity index (χ3v) is 3.62. The summed E-state index contributed by atoms with van der Waals surface area (Å²) in [5.74, 6) is -1.59. The highest BCUT2D eigenvalue weighted by Gasteiger charge is 2.09. The van der Waals surface area contributed by atoms with Crippen LogP contribution in [0.5, 0.6) is 5.75 Å². The number of carbonyl (C=O) groups is 1. The van der Waals surface area contributed by atoms with Crippen LogP contribution in [-0.4, -0.2) is 36.1 Å². The molecule has 3 aromatic rings. The maximum absolute atomic E-state index is 14.4. The van der Waals surface area contributed by atoms with Gasteiger partial charge in [-0.3, -0.25) is 4.79 Å². The highest BCUT2D eigenvalue weighted by molar-refractivity contribution is 5.99. The number of nitrogens with zero attached hydrogens (tertiary/aromatic N) is 2. The van der Waals surface area contributed by atoms with Crippen molar-refractivity contribution in [2.24, 2.45) is 0 Å². The summed E-state index contributed by atoms with van der Waals surface area (Å²) in [5.41, 5.74) is 0.586. The molecule has 160 valence electrons. The van der Waals surface area contributed by atoms with Gasteiger partial charge in [-0.15, -0.1) is 0 Å². The molecule has 0 bridgehead atoms. The molecule has 0 radical (unpaired) electrons. The first kappa shape index (κ1) is 14.1. The summed E-state index contributed by atoms with van der Waals surface area (Å²) in [7, 11) is -2.76. The van der Waals surface area contributed by atoms with E-state index in [1.165, 1.54) is 36.4 Å². The molecule has 0 unspecified atom stereocenters. The van der Waals surface area contributed by atoms with E-state index < -0.39 is 31.9 Å². The van der Waals surface area contributed by atoms with Gasteiger partial charge >= 0.3 is 0 Å². The SMILES string of the molecule is [2H]c1cc([2H])c(Nc2nc(Nc3ccc(OC([2H])([2H])COC([2H])([2H])[2H])cc3)ncc2F)cc1NC(=O)C=C. The van der Waals surface area contributed by atoms with Crippen LogP contribution in [0.15, 0.2) is 67.3 Å². The summed E-state index contributed by atoms with van der Waals surface area (Å²) in [6.07, 6.45) is 1.92. The summed E-state index contributed by atoms with van der Waals surface area (Å²) in [6, 6.07) is 8.02. The molecule has 1 amide bonds. The number of hydrogen-bond acceptors (Lipinski definition) is 7. The second-order valence-electron chi connectivity index (χ2n) is 5.80. The van der Waals surface area contributed by atoms with E-state index in [9.17, 15) is 9.18 Å². The van der Waals surface area contributed by atoms with Gasteiger partial charge in [0.15, 0.2) is 11.6 Å². The molecule has 0 aliphatic rings. The zero-order valence-corrected chi connectivity index (χ0v) is 16.0. The highest BCUT2D eigenvalue weighted by Crippen LogP contribution is 2.23. The van der Waals surface area contributed by atoms with Crippen LogP contribution in [0.4, 0.5) is 33.2 Å². The normalized spacial score (nSPS) is 14.4. The predicted molar refractivity (Wildman–Crippen MR) is 118 cm³/mol. The molecule has 0 saturated carbocycles. The van der Waals surface area contributed by atoms with Crippen LogP contribution in [0.2, 0.25) is 0 Å². The first-order valence-electron chi connectivity index (χ1n) is 12.3. The Labute approximate surface area is 189 Å². The quantitative estimate of drug-likeness (QED) is 0.414. The summed E-state index contributed by atoms with van der Waals surface area (Å²) in [4.78, 5) is 19.5. The Morgan fingerprint density at radius 3 is 2.87 bits per heavy atom. The van der Waals surface area contributed by atoms with E-state index in [1.807, 2.05) is 0 Å². The molecule has 9 heteroatoms. The lowest BCUT2D eigenvalue weighted by Crippen LogP contribution is -2.07. The minimum Gasteiger partial charge on any atom is -0.491 e. The number of aromatic nitrogens is 2. The maximum Gasteiger partial charge on any atom is 0.247 e. The smallest absolute Gasteiger partial charge is 0.247 e. The molecule has 0 aliphatic heterocycles. The average molecular weight is 430 g/mol. The highest BCUT2D eigenvalue weighted by atomic mass is 19.1. The van der Waals surface area contributed by atoms with Crippen molar-refractivity contribution in [2.75, 3.05) is 36.2 Å². The van der Waals surface area contributed by atoms with Gasteiger partial charge in [-0.2, -0.15) is 4.98 Å². The topological polar surface area (TPSA) is 97.4 Å². The summed E-state index contributed by atoms with van der Waals surface area (Å²) < 4.78 is 76.4. The Hall–Kier alpha value is -3.98. The van der Waals surface area contributed by atoms with Crippen molar-refractivity contribution < 1.29 is 28.3 Å². The van der Waals surface area contributed by atoms with E-state index in [0.717, 1.165) is 12.3 Å². The van der Waals surface area contributed by atoms with Gasteiger partial charge < -0.3 is 25.4 Å². The van der Waals surface area contributed by atoms with Crippen molar-refractivity contribution in [1.29, 1.82) is 0 Å². The first-order valence-corrected chi connectivity index (χ1v) is 8.79. The van der Waals surface area contributed by atoms with E-state index in [2.05, 4.69) is 37.2 Å². The Kier molecular flexibility index (Phi) is 4.87. The number of benzene rings is 2. The van der Waals surface area contributed by atoms with Crippen LogP contribution in [-0.2, 0) is 9.53 Å². The molecule has 8 nitrogen and oxygen atoms in total. The fourth-order valence-corrected chi connectivity index (χ4v) is 2.27. The molecule has 0 aliphatic carbocycles. The number of methoxy groups -OCH3 is 1. The molecule has 1 heterocycles. The monoisotopic (exact) mass is 430 g/mol. The number of ether oxygens (including phenoxy) is 2. The predicted octanol–water partition coefficient (Wildman–Crippen LogP) is 4.25. The van der Waals surface area contributed by atoms with Crippen LogP contribution in [0.3, 0.4) is 0 Å². The number of carbonyl (C=O) groups excluding carboxylic acids is 1. The number of anilines is 5. The van der Waals surface area contributed by atoms with Gasteiger partial charge in [-0.25, -0.2) is 9.37 Å². The molecule has 2 aromatic carbocycles. The molecule has 1 aromatic heterocycles. The van der Waals surface area contributed by atoms with Crippen LogP contribution in [0.25, 0.3) is 0 Å². The lowest BCUT2D eigenvalue weighted by atomic mass is 10.2. The van der Waals surface area contributed by atoms with Crippen LogP contribution in [0.1, 0.15) is 9.60 Å². The van der Waals surface area contributed by atoms with E-state index in [1.54, 1.807) is 0 Å². The summed E-state index contributed by atoms with van der Waals surface area (Å²) in [5, 5.41) is 7.93. The van der Waals surface area contributed by atoms with Crippen molar-refractivity contribution >= 4 is 34.7 Å². The fraction of sp³-hybridized carbons (Fsp3) is 0.136. The van der Waals surface area contributed by atoms with Gasteiger partial charge in [0.05, 0.1) is 22.4 Å². The third-order valence-electron chi connectivity index (χ3n) is 3.62. The average Bonchev–Trinajstić information content (AvgIpc) is 2.83. The van der Waals surface area contributed by atoms with Crippen molar-refractivity contribution in [1.82, 2.24) is 9.97 Å². The Morgan fingerprint density at radius 1 is 1.29 bits per heavy atom. The van der Waals surface area contributed by atoms with Crippen LogP contribution < -0.4 is 20.7 Å². The van der Waals surface area contributed by atoms with Gasteiger partial charge in [0, 0.05) is 24.1 Å². The van der Waals surface area contributed by atoms with Crippen LogP contribution >= 0.6 is 0 Å². The van der Waals surface area contributed by atoms with E-state index in [0.29, 0.717) is 5.69 Å². The molecular weight excluding hydrogens is 401 g/mol. The summed E-state index contributed by atoms with van der Waals surface area (Å²) >= 11 is 0. The van der Waals surface area contributed by atoms with E-state index >= 15 is 0 Å². The van der Waals surface area contributed by atoms with Crippen molar-refractivity contribution in [3.63, 3.8) is 0 Å². The lowest BCUT2D eigenvalue weighted by molar-refractivity contribution is -0.111. The largest absolute Gasteiger partial charge is 0.491 e. The van der Waals surface area contributed by atoms with E-state index in [4.69, 9.17) is 14.3 Å². The number of amides is 1. The Bertz CT molecular complexity index is 1320. The Morgan fingerprint density at radius 2 is 2.10 bits per heavy atom. The van der Waals surface area contributed by atoms with Gasteiger partial charge in [0.2, 0.25) is 11.9 Å². The fourth-order valence-electron chi connectivity index (χ4n) is 2.27. The first-order chi connectivity index (χ1) is 17.7.